The zero-order valence-corrected chi connectivity index (χ0v) is 13.1. The summed E-state index contributed by atoms with van der Waals surface area (Å²) in [5, 5.41) is 15.4. The number of carbonyl (C=O) groups excluding carboxylic acids is 2. The highest BCUT2D eigenvalue weighted by molar-refractivity contribution is 7.99. The quantitative estimate of drug-likeness (QED) is 0.570. The number of hydrogen-bond acceptors (Lipinski definition) is 6. The molecule has 0 saturated carbocycles. The topological polar surface area (TPSA) is 89.2 Å². The lowest BCUT2D eigenvalue weighted by atomic mass is 10.1. The van der Waals surface area contributed by atoms with Crippen molar-refractivity contribution in [2.45, 2.75) is 11.9 Å². The minimum Gasteiger partial charge on any atom is -0.325 e. The van der Waals surface area contributed by atoms with Crippen LogP contribution in [0.5, 0.6) is 0 Å². The Morgan fingerprint density at radius 2 is 2.13 bits per heavy atom. The van der Waals surface area contributed by atoms with Crippen molar-refractivity contribution in [3.8, 4) is 0 Å². The van der Waals surface area contributed by atoms with Crippen molar-refractivity contribution < 1.29 is 9.59 Å². The summed E-state index contributed by atoms with van der Waals surface area (Å²) in [4.78, 5) is 23.3. The van der Waals surface area contributed by atoms with E-state index in [0.717, 1.165) is 0 Å². The summed E-state index contributed by atoms with van der Waals surface area (Å²) >= 11 is 1.31. The normalized spacial score (nSPS) is 10.7. The monoisotopic (exact) mass is 327 g/mol. The fourth-order valence-electron chi connectivity index (χ4n) is 1.94. The van der Waals surface area contributed by atoms with Crippen LogP contribution in [0, 0.1) is 0 Å². The van der Waals surface area contributed by atoms with Crippen LogP contribution in [0.15, 0.2) is 47.8 Å². The smallest absolute Gasteiger partial charge is 0.234 e. The number of hydrogen-bond donors (Lipinski definition) is 1. The summed E-state index contributed by atoms with van der Waals surface area (Å²) in [6, 6.07) is 10.4. The van der Waals surface area contributed by atoms with E-state index >= 15 is 0 Å². The number of benzene rings is 1. The number of thioether (sulfide) groups is 1. The predicted molar refractivity (Wildman–Crippen MR) is 86.6 cm³/mol. The second-order valence-corrected chi connectivity index (χ2v) is 5.77. The van der Waals surface area contributed by atoms with Crippen LogP contribution in [-0.4, -0.2) is 37.3 Å². The van der Waals surface area contributed by atoms with E-state index in [4.69, 9.17) is 0 Å². The molecule has 116 valence electrons. The number of ketones is 1. The van der Waals surface area contributed by atoms with Crippen LogP contribution < -0.4 is 5.32 Å². The molecule has 1 amide bonds. The van der Waals surface area contributed by atoms with Gasteiger partial charge in [-0.2, -0.15) is 9.61 Å². The molecule has 0 bridgehead atoms. The average Bonchev–Trinajstić information content (AvgIpc) is 3.01. The number of rotatable bonds is 5. The molecule has 0 spiro atoms. The van der Waals surface area contributed by atoms with Gasteiger partial charge in [0.15, 0.2) is 11.4 Å². The van der Waals surface area contributed by atoms with Crippen LogP contribution in [0.25, 0.3) is 5.65 Å². The maximum absolute atomic E-state index is 12.0. The van der Waals surface area contributed by atoms with E-state index in [2.05, 4.69) is 20.6 Å². The van der Waals surface area contributed by atoms with E-state index in [9.17, 15) is 9.59 Å². The summed E-state index contributed by atoms with van der Waals surface area (Å²) in [6.45, 7) is 1.49. The Hall–Kier alpha value is -2.74. The molecule has 0 aliphatic heterocycles. The first-order valence-corrected chi connectivity index (χ1v) is 7.81. The SMILES string of the molecule is CC(=O)c1cccc(NC(=O)CSc2ccc3nncn3n2)c1. The molecule has 1 N–H and O–H groups in total. The van der Waals surface area contributed by atoms with E-state index < -0.39 is 0 Å². The molecule has 7 nitrogen and oxygen atoms in total. The number of Topliss-reactive ketones (excluding diaryl/α,β-unsaturated/α-hetero) is 1. The van der Waals surface area contributed by atoms with Crippen LogP contribution in [0.1, 0.15) is 17.3 Å². The van der Waals surface area contributed by atoms with Crippen molar-refractivity contribution in [1.29, 1.82) is 0 Å². The van der Waals surface area contributed by atoms with E-state index in [1.807, 2.05) is 0 Å². The first-order chi connectivity index (χ1) is 11.1. The number of carbonyl (C=O) groups is 2. The molecule has 0 saturated heterocycles. The van der Waals surface area contributed by atoms with Gasteiger partial charge < -0.3 is 5.32 Å². The van der Waals surface area contributed by atoms with Gasteiger partial charge in [0.1, 0.15) is 11.4 Å². The molecule has 0 atom stereocenters. The van der Waals surface area contributed by atoms with Crippen molar-refractivity contribution >= 4 is 34.8 Å². The van der Waals surface area contributed by atoms with E-state index in [-0.39, 0.29) is 17.4 Å². The summed E-state index contributed by atoms with van der Waals surface area (Å²) in [7, 11) is 0. The van der Waals surface area contributed by atoms with Crippen LogP contribution >= 0.6 is 11.8 Å². The van der Waals surface area contributed by atoms with Gasteiger partial charge in [-0.25, -0.2) is 0 Å². The molecule has 0 unspecified atom stereocenters. The Bertz CT molecular complexity index is 877. The van der Waals surface area contributed by atoms with E-state index in [1.165, 1.54) is 25.0 Å². The molecule has 1 aromatic carbocycles. The first kappa shape index (κ1) is 15.2. The molecular weight excluding hydrogens is 314 g/mol. The zero-order valence-electron chi connectivity index (χ0n) is 12.3. The van der Waals surface area contributed by atoms with Gasteiger partial charge in [-0.1, -0.05) is 23.9 Å². The number of nitrogens with one attached hydrogen (secondary N) is 1. The minimum atomic E-state index is -0.165. The molecule has 0 aliphatic rings. The molecular formula is C15H13N5O2S. The van der Waals surface area contributed by atoms with Crippen molar-refractivity contribution in [1.82, 2.24) is 19.8 Å². The van der Waals surface area contributed by atoms with E-state index in [1.54, 1.807) is 40.9 Å². The van der Waals surface area contributed by atoms with Crippen LogP contribution in [0.3, 0.4) is 0 Å². The second kappa shape index (κ2) is 6.57. The Morgan fingerprint density at radius 1 is 1.26 bits per heavy atom. The minimum absolute atomic E-state index is 0.0399. The van der Waals surface area contributed by atoms with Gasteiger partial charge in [-0.05, 0) is 31.2 Å². The van der Waals surface area contributed by atoms with Crippen LogP contribution in [0.4, 0.5) is 5.69 Å². The highest BCUT2D eigenvalue weighted by Crippen LogP contribution is 2.16. The van der Waals surface area contributed by atoms with Crippen molar-refractivity contribution in [3.05, 3.63) is 48.3 Å². The first-order valence-electron chi connectivity index (χ1n) is 6.82. The number of nitrogens with zero attached hydrogens (tertiary/aromatic N) is 4. The Morgan fingerprint density at radius 3 is 2.96 bits per heavy atom. The van der Waals surface area contributed by atoms with Gasteiger partial charge in [-0.3, -0.25) is 9.59 Å². The summed E-state index contributed by atoms with van der Waals surface area (Å²) < 4.78 is 1.55. The van der Waals surface area contributed by atoms with Crippen molar-refractivity contribution in [2.75, 3.05) is 11.1 Å². The molecule has 3 aromatic rings. The number of anilines is 1. The number of aromatic nitrogens is 4. The number of amides is 1. The highest BCUT2D eigenvalue weighted by atomic mass is 32.2. The van der Waals surface area contributed by atoms with Gasteiger partial charge in [-0.15, -0.1) is 10.2 Å². The molecule has 2 aromatic heterocycles. The molecule has 8 heteroatoms. The third-order valence-corrected chi connectivity index (χ3v) is 3.96. The lowest BCUT2D eigenvalue weighted by molar-refractivity contribution is -0.113. The fourth-order valence-corrected chi connectivity index (χ4v) is 2.60. The molecule has 23 heavy (non-hydrogen) atoms. The summed E-state index contributed by atoms with van der Waals surface area (Å²) in [5.41, 5.74) is 1.82. The van der Waals surface area contributed by atoms with Gasteiger partial charge in [0, 0.05) is 11.3 Å². The van der Waals surface area contributed by atoms with Crippen LogP contribution in [0.2, 0.25) is 0 Å². The summed E-state index contributed by atoms with van der Waals surface area (Å²) in [5.74, 6) is 0.00792. The third kappa shape index (κ3) is 3.72. The molecule has 0 aliphatic carbocycles. The van der Waals surface area contributed by atoms with Crippen molar-refractivity contribution in [2.24, 2.45) is 0 Å². The highest BCUT2D eigenvalue weighted by Gasteiger charge is 2.07. The maximum Gasteiger partial charge on any atom is 0.234 e. The molecule has 3 rings (SSSR count). The second-order valence-electron chi connectivity index (χ2n) is 4.78. The molecule has 2 heterocycles. The predicted octanol–water partition coefficient (Wildman–Crippen LogP) is 2.06. The molecule has 0 radical (unpaired) electrons. The Balaban J connectivity index is 1.60. The summed E-state index contributed by atoms with van der Waals surface area (Å²) in [6.07, 6.45) is 1.51. The van der Waals surface area contributed by atoms with Crippen molar-refractivity contribution in [3.63, 3.8) is 0 Å². The third-order valence-electron chi connectivity index (χ3n) is 3.04. The van der Waals surface area contributed by atoms with Crippen LogP contribution in [-0.2, 0) is 4.79 Å². The fraction of sp³-hybridized carbons (Fsp3) is 0.133. The van der Waals surface area contributed by atoms with Gasteiger partial charge in [0.05, 0.1) is 5.75 Å². The van der Waals surface area contributed by atoms with Gasteiger partial charge >= 0.3 is 0 Å². The average molecular weight is 327 g/mol. The molecule has 0 fully saturated rings. The maximum atomic E-state index is 12.0. The lowest BCUT2D eigenvalue weighted by Crippen LogP contribution is -2.14. The standard InChI is InChI=1S/C15H13N5O2S/c1-10(21)11-3-2-4-12(7-11)17-14(22)8-23-15-6-5-13-18-16-9-20(13)19-15/h2-7,9H,8H2,1H3,(H,17,22). The zero-order chi connectivity index (χ0) is 16.2. The Labute approximate surface area is 136 Å². The lowest BCUT2D eigenvalue weighted by Gasteiger charge is -2.06. The van der Waals surface area contributed by atoms with E-state index in [0.29, 0.717) is 21.9 Å². The Kier molecular flexibility index (Phi) is 4.33. The number of fused-ring (bicyclic) bond motifs is 1. The van der Waals surface area contributed by atoms with Gasteiger partial charge in [0.25, 0.3) is 0 Å². The van der Waals surface area contributed by atoms with Gasteiger partial charge in [0.2, 0.25) is 5.91 Å². The largest absolute Gasteiger partial charge is 0.325 e.